The number of imidazole rings is 1. The van der Waals surface area contributed by atoms with Crippen LogP contribution in [0.25, 0.3) is 11.0 Å². The van der Waals surface area contributed by atoms with Crippen LogP contribution in [0.5, 0.6) is 0 Å². The number of carboxylic acid groups (broad SMARTS) is 1. The number of ether oxygens (including phenoxy) is 1. The zero-order chi connectivity index (χ0) is 15.6. The van der Waals surface area contributed by atoms with E-state index >= 15 is 0 Å². The Morgan fingerprint density at radius 3 is 2.76 bits per heavy atom. The van der Waals surface area contributed by atoms with Crippen molar-refractivity contribution in [1.29, 1.82) is 0 Å². The lowest BCUT2D eigenvalue weighted by molar-refractivity contribution is -0.174. The number of aryl methyl sites for hydroxylation is 1. The quantitative estimate of drug-likeness (QED) is 0.862. The van der Waals surface area contributed by atoms with Crippen LogP contribution >= 0.6 is 0 Å². The maximum Gasteiger partial charge on any atom is 0.411 e. The molecular weight excluding hydrogens is 289 g/mol. The highest BCUT2D eigenvalue weighted by molar-refractivity contribution is 6.01. The van der Waals surface area contributed by atoms with Crippen LogP contribution in [0.4, 0.5) is 13.2 Å². The molecule has 114 valence electrons. The molecule has 2 rings (SSSR count). The van der Waals surface area contributed by atoms with E-state index in [1.54, 1.807) is 23.6 Å². The predicted octanol–water partition coefficient (Wildman–Crippen LogP) is 2.62. The summed E-state index contributed by atoms with van der Waals surface area (Å²) >= 11 is 0. The molecule has 1 heterocycles. The molecule has 1 aromatic carbocycles. The Morgan fingerprint density at radius 1 is 1.43 bits per heavy atom. The highest BCUT2D eigenvalue weighted by Gasteiger charge is 2.27. The summed E-state index contributed by atoms with van der Waals surface area (Å²) in [5.74, 6) is -0.590. The normalized spacial score (nSPS) is 12.0. The lowest BCUT2D eigenvalue weighted by Gasteiger charge is -2.10. The van der Waals surface area contributed by atoms with Crippen LogP contribution in [0.15, 0.2) is 18.2 Å². The van der Waals surface area contributed by atoms with Crippen molar-refractivity contribution in [3.05, 3.63) is 29.6 Å². The van der Waals surface area contributed by atoms with Crippen molar-refractivity contribution in [2.75, 3.05) is 13.2 Å². The molecule has 5 nitrogen and oxygen atoms in total. The Bertz CT molecular complexity index is 664. The van der Waals surface area contributed by atoms with Crippen molar-refractivity contribution < 1.29 is 27.8 Å². The van der Waals surface area contributed by atoms with Crippen molar-refractivity contribution in [3.8, 4) is 0 Å². The molecule has 0 aliphatic carbocycles. The zero-order valence-corrected chi connectivity index (χ0v) is 11.1. The number of aromatic carboxylic acids is 1. The smallest absolute Gasteiger partial charge is 0.411 e. The van der Waals surface area contributed by atoms with Crippen molar-refractivity contribution in [2.24, 2.45) is 0 Å². The average Bonchev–Trinajstić information content (AvgIpc) is 2.69. The summed E-state index contributed by atoms with van der Waals surface area (Å²) in [5.41, 5.74) is 0.935. The van der Waals surface area contributed by atoms with Crippen LogP contribution < -0.4 is 0 Å². The van der Waals surface area contributed by atoms with Crippen LogP contribution in [0.2, 0.25) is 0 Å². The first-order chi connectivity index (χ1) is 9.79. The highest BCUT2D eigenvalue weighted by atomic mass is 19.4. The highest BCUT2D eigenvalue weighted by Crippen LogP contribution is 2.21. The summed E-state index contributed by atoms with van der Waals surface area (Å²) in [7, 11) is 0. The third-order valence-corrected chi connectivity index (χ3v) is 2.91. The van der Waals surface area contributed by atoms with Gasteiger partial charge in [-0.2, -0.15) is 13.2 Å². The SMILES string of the molecule is Cc1nc2cccc(C(=O)O)c2n1CCOCC(F)(F)F. The minimum absolute atomic E-state index is 0.0592. The molecule has 0 atom stereocenters. The molecule has 21 heavy (non-hydrogen) atoms. The third-order valence-electron chi connectivity index (χ3n) is 2.91. The first-order valence-corrected chi connectivity index (χ1v) is 6.13. The van der Waals surface area contributed by atoms with Crippen LogP contribution in [0.1, 0.15) is 16.2 Å². The Hall–Kier alpha value is -2.09. The number of carboxylic acids is 1. The summed E-state index contributed by atoms with van der Waals surface area (Å²) < 4.78 is 42.1. The third kappa shape index (κ3) is 3.52. The lowest BCUT2D eigenvalue weighted by atomic mass is 10.2. The fourth-order valence-corrected chi connectivity index (χ4v) is 2.09. The molecule has 0 aliphatic heterocycles. The van der Waals surface area contributed by atoms with Gasteiger partial charge in [-0.15, -0.1) is 0 Å². The molecule has 0 aliphatic rings. The largest absolute Gasteiger partial charge is 0.478 e. The zero-order valence-electron chi connectivity index (χ0n) is 11.1. The summed E-state index contributed by atoms with van der Waals surface area (Å²) in [6, 6.07) is 4.66. The van der Waals surface area contributed by atoms with Gasteiger partial charge in [-0.1, -0.05) is 6.07 Å². The number of aromatic nitrogens is 2. The number of hydrogen-bond donors (Lipinski definition) is 1. The average molecular weight is 302 g/mol. The maximum atomic E-state index is 12.0. The Labute approximate surface area is 118 Å². The standard InChI is InChI=1S/C13H13F3N2O3/c1-8-17-10-4-2-3-9(12(19)20)11(10)18(8)5-6-21-7-13(14,15)16/h2-4H,5-7H2,1H3,(H,19,20). The van der Waals surface area contributed by atoms with Crippen molar-refractivity contribution in [2.45, 2.75) is 19.6 Å². The van der Waals surface area contributed by atoms with E-state index in [2.05, 4.69) is 9.72 Å². The fourth-order valence-electron chi connectivity index (χ4n) is 2.09. The van der Waals surface area contributed by atoms with E-state index in [-0.39, 0.29) is 18.7 Å². The van der Waals surface area contributed by atoms with Gasteiger partial charge >= 0.3 is 12.1 Å². The minimum atomic E-state index is -4.38. The summed E-state index contributed by atoms with van der Waals surface area (Å²) in [6.45, 7) is 0.252. The molecule has 0 spiro atoms. The molecule has 8 heteroatoms. The molecular formula is C13H13F3N2O3. The van der Waals surface area contributed by atoms with Gasteiger partial charge in [0, 0.05) is 6.54 Å². The molecule has 1 aromatic heterocycles. The molecule has 1 N–H and O–H groups in total. The van der Waals surface area contributed by atoms with Gasteiger partial charge in [0.15, 0.2) is 0 Å². The van der Waals surface area contributed by atoms with E-state index in [4.69, 9.17) is 0 Å². The monoisotopic (exact) mass is 302 g/mol. The number of nitrogens with zero attached hydrogens (tertiary/aromatic N) is 2. The Balaban J connectivity index is 2.23. The fraction of sp³-hybridized carbons (Fsp3) is 0.385. The number of rotatable bonds is 5. The van der Waals surface area contributed by atoms with E-state index in [1.165, 1.54) is 6.07 Å². The number of fused-ring (bicyclic) bond motifs is 1. The van der Waals surface area contributed by atoms with Gasteiger partial charge in [0.1, 0.15) is 12.4 Å². The van der Waals surface area contributed by atoms with E-state index in [0.29, 0.717) is 16.9 Å². The summed E-state index contributed by atoms with van der Waals surface area (Å²) in [6.07, 6.45) is -4.38. The Morgan fingerprint density at radius 2 is 2.14 bits per heavy atom. The summed E-state index contributed by atoms with van der Waals surface area (Å²) in [5, 5.41) is 9.17. The first kappa shape index (κ1) is 15.3. The van der Waals surface area contributed by atoms with Crippen LogP contribution in [-0.2, 0) is 11.3 Å². The molecule has 0 amide bonds. The first-order valence-electron chi connectivity index (χ1n) is 6.13. The van der Waals surface area contributed by atoms with Crippen LogP contribution in [0, 0.1) is 6.92 Å². The van der Waals surface area contributed by atoms with Crippen molar-refractivity contribution >= 4 is 17.0 Å². The molecule has 0 saturated carbocycles. The van der Waals surface area contributed by atoms with E-state index in [1.807, 2.05) is 0 Å². The second-order valence-electron chi connectivity index (χ2n) is 4.46. The van der Waals surface area contributed by atoms with E-state index < -0.39 is 18.8 Å². The number of para-hydroxylation sites is 1. The van der Waals surface area contributed by atoms with Crippen molar-refractivity contribution in [3.63, 3.8) is 0 Å². The molecule has 0 saturated heterocycles. The Kier molecular flexibility index (Phi) is 4.17. The number of hydrogen-bond acceptors (Lipinski definition) is 3. The minimum Gasteiger partial charge on any atom is -0.478 e. The van der Waals surface area contributed by atoms with E-state index in [9.17, 15) is 23.1 Å². The van der Waals surface area contributed by atoms with Gasteiger partial charge in [-0.25, -0.2) is 9.78 Å². The van der Waals surface area contributed by atoms with Gasteiger partial charge in [0.05, 0.1) is 23.2 Å². The topological polar surface area (TPSA) is 64.3 Å². The predicted molar refractivity (Wildman–Crippen MR) is 68.3 cm³/mol. The van der Waals surface area contributed by atoms with Crippen molar-refractivity contribution in [1.82, 2.24) is 9.55 Å². The molecule has 0 bridgehead atoms. The number of carbonyl (C=O) groups is 1. The maximum absolute atomic E-state index is 12.0. The van der Waals surface area contributed by atoms with Gasteiger partial charge in [0.25, 0.3) is 0 Å². The van der Waals surface area contributed by atoms with Crippen LogP contribution in [-0.4, -0.2) is 40.0 Å². The molecule has 0 unspecified atom stereocenters. The molecule has 0 radical (unpaired) electrons. The lowest BCUT2D eigenvalue weighted by Crippen LogP contribution is -2.19. The molecule has 0 fully saturated rings. The van der Waals surface area contributed by atoms with Crippen LogP contribution in [0.3, 0.4) is 0 Å². The van der Waals surface area contributed by atoms with Gasteiger partial charge < -0.3 is 14.4 Å². The van der Waals surface area contributed by atoms with E-state index in [0.717, 1.165) is 0 Å². The van der Waals surface area contributed by atoms with Gasteiger partial charge in [-0.05, 0) is 19.1 Å². The van der Waals surface area contributed by atoms with Gasteiger partial charge in [-0.3, -0.25) is 0 Å². The summed E-state index contributed by atoms with van der Waals surface area (Å²) in [4.78, 5) is 15.4. The second kappa shape index (κ2) is 5.72. The molecule has 2 aromatic rings. The number of benzene rings is 1. The number of halogens is 3. The van der Waals surface area contributed by atoms with Gasteiger partial charge in [0.2, 0.25) is 0 Å². The number of alkyl halides is 3. The second-order valence-corrected chi connectivity index (χ2v) is 4.46.